The van der Waals surface area contributed by atoms with Gasteiger partial charge in [0.15, 0.2) is 0 Å². The van der Waals surface area contributed by atoms with E-state index >= 15 is 0 Å². The highest BCUT2D eigenvalue weighted by molar-refractivity contribution is 7.90. The van der Waals surface area contributed by atoms with Gasteiger partial charge in [0.2, 0.25) is 0 Å². The molecule has 1 amide bonds. The number of carboxylic acids is 1. The number of benzene rings is 2. The molecule has 10 heteroatoms. The quantitative estimate of drug-likeness (QED) is 0.281. The van der Waals surface area contributed by atoms with Crippen LogP contribution < -0.4 is 5.32 Å². The first kappa shape index (κ1) is 31.5. The van der Waals surface area contributed by atoms with Crippen molar-refractivity contribution in [2.75, 3.05) is 32.6 Å². The maximum absolute atomic E-state index is 13.3. The number of aliphatic carboxylic acids is 1. The Hall–Kier alpha value is -3.05. The van der Waals surface area contributed by atoms with Crippen LogP contribution in [0.5, 0.6) is 0 Å². The number of sulfone groups is 1. The van der Waals surface area contributed by atoms with Crippen LogP contribution in [-0.2, 0) is 32.4 Å². The van der Waals surface area contributed by atoms with Crippen molar-refractivity contribution < 1.29 is 27.9 Å². The van der Waals surface area contributed by atoms with Gasteiger partial charge in [0.25, 0.3) is 5.91 Å². The van der Waals surface area contributed by atoms with Crippen LogP contribution in [-0.4, -0.2) is 69.0 Å². The summed E-state index contributed by atoms with van der Waals surface area (Å²) >= 11 is 1.75. The van der Waals surface area contributed by atoms with Gasteiger partial charge >= 0.3 is 5.97 Å². The third kappa shape index (κ3) is 9.26. The minimum absolute atomic E-state index is 0.103. The molecule has 2 N–H and O–H groups in total. The Morgan fingerprint density at radius 1 is 1.07 bits per heavy atom. The normalized spacial score (nSPS) is 13.2. The minimum Gasteiger partial charge on any atom is -0.480 e. The number of carbonyl (C=O) groups is 2. The van der Waals surface area contributed by atoms with Crippen LogP contribution in [0.2, 0.25) is 0 Å². The van der Waals surface area contributed by atoms with Crippen molar-refractivity contribution in [1.82, 2.24) is 10.2 Å². The summed E-state index contributed by atoms with van der Waals surface area (Å²) in [6.07, 6.45) is 1.70. The van der Waals surface area contributed by atoms with E-state index in [0.717, 1.165) is 40.8 Å². The van der Waals surface area contributed by atoms with Crippen LogP contribution in [0.1, 0.15) is 50.7 Å². The Morgan fingerprint density at radius 2 is 1.80 bits per heavy atom. The molecule has 3 rings (SSSR count). The summed E-state index contributed by atoms with van der Waals surface area (Å²) in [5, 5.41) is 12.1. The average Bonchev–Trinajstić information content (AvgIpc) is 3.37. The van der Waals surface area contributed by atoms with Crippen molar-refractivity contribution in [3.8, 4) is 11.1 Å². The number of nitrogens with one attached hydrogen (secondary N) is 1. The molecule has 0 saturated heterocycles. The summed E-state index contributed by atoms with van der Waals surface area (Å²) in [6.45, 7) is 5.29. The third-order valence-corrected chi connectivity index (χ3v) is 8.82. The second-order valence-electron chi connectivity index (χ2n) is 10.3. The number of amides is 1. The summed E-state index contributed by atoms with van der Waals surface area (Å²) in [5.74, 6) is -2.21. The predicted molar refractivity (Wildman–Crippen MR) is 160 cm³/mol. The van der Waals surface area contributed by atoms with Gasteiger partial charge in [0.05, 0.1) is 18.5 Å². The molecular weight excluding hydrogens is 548 g/mol. The molecule has 1 aromatic heterocycles. The Kier molecular flexibility index (Phi) is 11.0. The minimum atomic E-state index is -3.38. The van der Waals surface area contributed by atoms with Crippen LogP contribution in [0.25, 0.3) is 11.1 Å². The monoisotopic (exact) mass is 586 g/mol. The SMILES string of the molecule is Cc1ccccc1-c1cc(COC(C)c2ccc(CCN(C)C)s2)ccc1C(=O)NC(CCS(C)(=O)=O)C(=O)O. The molecule has 216 valence electrons. The van der Waals surface area contributed by atoms with Crippen molar-refractivity contribution >= 4 is 33.1 Å². The summed E-state index contributed by atoms with van der Waals surface area (Å²) < 4.78 is 29.3. The Morgan fingerprint density at radius 3 is 2.45 bits per heavy atom. The molecule has 0 aliphatic carbocycles. The van der Waals surface area contributed by atoms with Crippen LogP contribution >= 0.6 is 11.3 Å². The van der Waals surface area contributed by atoms with Crippen LogP contribution in [0.15, 0.2) is 54.6 Å². The first-order valence-electron chi connectivity index (χ1n) is 13.1. The maximum Gasteiger partial charge on any atom is 0.326 e. The number of likely N-dealkylation sites (N-methyl/N-ethyl adjacent to an activating group) is 1. The van der Waals surface area contributed by atoms with Gasteiger partial charge in [0, 0.05) is 28.1 Å². The van der Waals surface area contributed by atoms with Gasteiger partial charge in [-0.3, -0.25) is 4.79 Å². The highest BCUT2D eigenvalue weighted by Gasteiger charge is 2.24. The van der Waals surface area contributed by atoms with Crippen molar-refractivity contribution in [3.05, 3.63) is 81.0 Å². The molecule has 8 nitrogen and oxygen atoms in total. The van der Waals surface area contributed by atoms with E-state index in [9.17, 15) is 23.1 Å². The zero-order valence-corrected chi connectivity index (χ0v) is 25.3. The van der Waals surface area contributed by atoms with E-state index in [0.29, 0.717) is 17.7 Å². The van der Waals surface area contributed by atoms with E-state index in [2.05, 4.69) is 36.4 Å². The number of hydrogen-bond donors (Lipinski definition) is 2. The number of nitrogens with zero attached hydrogens (tertiary/aromatic N) is 1. The smallest absolute Gasteiger partial charge is 0.326 e. The van der Waals surface area contributed by atoms with E-state index in [4.69, 9.17) is 4.74 Å². The lowest BCUT2D eigenvalue weighted by Crippen LogP contribution is -2.42. The van der Waals surface area contributed by atoms with Gasteiger partial charge in [-0.25, -0.2) is 13.2 Å². The average molecular weight is 587 g/mol. The molecule has 0 spiro atoms. The molecule has 1 heterocycles. The van der Waals surface area contributed by atoms with Crippen LogP contribution in [0, 0.1) is 6.92 Å². The molecule has 3 aromatic rings. The molecule has 0 saturated carbocycles. The van der Waals surface area contributed by atoms with Gasteiger partial charge in [-0.15, -0.1) is 11.3 Å². The molecule has 0 aliphatic rings. The number of hydrogen-bond acceptors (Lipinski definition) is 7. The van der Waals surface area contributed by atoms with Crippen molar-refractivity contribution in [3.63, 3.8) is 0 Å². The van der Waals surface area contributed by atoms with E-state index in [1.165, 1.54) is 4.88 Å². The molecule has 2 atom stereocenters. The summed E-state index contributed by atoms with van der Waals surface area (Å²) in [5.41, 5.74) is 3.63. The Balaban J connectivity index is 1.81. The third-order valence-electron chi connectivity index (χ3n) is 6.53. The molecule has 2 aromatic carbocycles. The highest BCUT2D eigenvalue weighted by Crippen LogP contribution is 2.30. The molecule has 0 aliphatic heterocycles. The molecule has 2 unspecified atom stereocenters. The largest absolute Gasteiger partial charge is 0.480 e. The van der Waals surface area contributed by atoms with Gasteiger partial charge < -0.3 is 20.1 Å². The lowest BCUT2D eigenvalue weighted by molar-refractivity contribution is -0.139. The first-order chi connectivity index (χ1) is 18.8. The van der Waals surface area contributed by atoms with E-state index < -0.39 is 27.8 Å². The molecule has 0 fully saturated rings. The van der Waals surface area contributed by atoms with Gasteiger partial charge in [-0.2, -0.15) is 0 Å². The fourth-order valence-electron chi connectivity index (χ4n) is 4.19. The molecule has 0 bridgehead atoms. The standard InChI is InChI=1S/C30H38N2O6S2/c1-20-8-6-7-9-24(20)26-18-22(19-38-21(2)28-13-11-23(39-28)14-16-32(3)4)10-12-25(26)29(33)31-27(30(34)35)15-17-40(5,36)37/h6-13,18,21,27H,14-17,19H2,1-5H3,(H,31,33)(H,34,35). The zero-order chi connectivity index (χ0) is 29.4. The van der Waals surface area contributed by atoms with Gasteiger partial charge in [-0.05, 0) is 87.3 Å². The lowest BCUT2D eigenvalue weighted by Gasteiger charge is -2.18. The maximum atomic E-state index is 13.3. The number of rotatable bonds is 14. The van der Waals surface area contributed by atoms with Crippen LogP contribution in [0.4, 0.5) is 0 Å². The first-order valence-corrected chi connectivity index (χ1v) is 16.0. The van der Waals surface area contributed by atoms with Crippen molar-refractivity contribution in [2.24, 2.45) is 0 Å². The second-order valence-corrected chi connectivity index (χ2v) is 13.7. The summed E-state index contributed by atoms with van der Waals surface area (Å²) in [4.78, 5) is 29.7. The highest BCUT2D eigenvalue weighted by atomic mass is 32.2. The van der Waals surface area contributed by atoms with E-state index in [1.807, 2.05) is 44.2 Å². The Labute approximate surface area is 240 Å². The number of thiophene rings is 1. The Bertz CT molecular complexity index is 1430. The fraction of sp³-hybridized carbons (Fsp3) is 0.400. The number of aryl methyl sites for hydroxylation is 1. The fourth-order valence-corrected chi connectivity index (χ4v) is 5.85. The predicted octanol–water partition coefficient (Wildman–Crippen LogP) is 4.72. The second kappa shape index (κ2) is 14.0. The van der Waals surface area contributed by atoms with Gasteiger partial charge in [0.1, 0.15) is 15.9 Å². The van der Waals surface area contributed by atoms with E-state index in [1.54, 1.807) is 23.5 Å². The van der Waals surface area contributed by atoms with Gasteiger partial charge in [-0.1, -0.05) is 30.3 Å². The van der Waals surface area contributed by atoms with Crippen molar-refractivity contribution in [2.45, 2.75) is 45.4 Å². The van der Waals surface area contributed by atoms with Crippen molar-refractivity contribution in [1.29, 1.82) is 0 Å². The lowest BCUT2D eigenvalue weighted by atomic mass is 9.93. The molecular formula is C30H38N2O6S2. The number of carbonyl (C=O) groups excluding carboxylic acids is 1. The summed E-state index contributed by atoms with van der Waals surface area (Å²) in [6, 6.07) is 15.9. The molecule has 40 heavy (non-hydrogen) atoms. The van der Waals surface area contributed by atoms with E-state index in [-0.39, 0.29) is 18.3 Å². The summed E-state index contributed by atoms with van der Waals surface area (Å²) in [7, 11) is 0.735. The zero-order valence-electron chi connectivity index (χ0n) is 23.6. The topological polar surface area (TPSA) is 113 Å². The van der Waals surface area contributed by atoms with Crippen LogP contribution in [0.3, 0.4) is 0 Å². The number of carboxylic acid groups (broad SMARTS) is 1. The molecule has 0 radical (unpaired) electrons. The number of ether oxygens (including phenoxy) is 1.